The van der Waals surface area contributed by atoms with Crippen molar-refractivity contribution >= 4 is 18.0 Å². The van der Waals surface area contributed by atoms with Gasteiger partial charge in [0.15, 0.2) is 11.5 Å². The Morgan fingerprint density at radius 1 is 1.07 bits per heavy atom. The van der Waals surface area contributed by atoms with Crippen LogP contribution in [0.2, 0.25) is 0 Å². The van der Waals surface area contributed by atoms with Crippen molar-refractivity contribution in [1.82, 2.24) is 10.7 Å². The van der Waals surface area contributed by atoms with Crippen LogP contribution in [0.15, 0.2) is 66.3 Å². The molecule has 0 unspecified atom stereocenters. The molecule has 0 saturated carbocycles. The zero-order chi connectivity index (χ0) is 20.2. The molecule has 2 N–H and O–H groups in total. The number of nitrogens with zero attached hydrogens (tertiary/aromatic N) is 1. The summed E-state index contributed by atoms with van der Waals surface area (Å²) in [6, 6.07) is 15.1. The van der Waals surface area contributed by atoms with Gasteiger partial charge in [0, 0.05) is 6.54 Å². The molecule has 0 saturated heterocycles. The number of benzene rings is 2. The molecular formula is C21H23N3O4. The highest BCUT2D eigenvalue weighted by molar-refractivity contribution is 6.35. The van der Waals surface area contributed by atoms with Gasteiger partial charge in [-0.15, -0.1) is 6.58 Å². The van der Waals surface area contributed by atoms with Crippen molar-refractivity contribution in [2.75, 3.05) is 13.2 Å². The summed E-state index contributed by atoms with van der Waals surface area (Å²) in [4.78, 5) is 23.0. The average molecular weight is 381 g/mol. The second-order valence-electron chi connectivity index (χ2n) is 5.61. The van der Waals surface area contributed by atoms with E-state index in [1.165, 1.54) is 12.3 Å². The molecule has 7 nitrogen and oxygen atoms in total. The molecule has 2 amide bonds. The third kappa shape index (κ3) is 6.60. The van der Waals surface area contributed by atoms with Crippen molar-refractivity contribution in [3.8, 4) is 11.5 Å². The van der Waals surface area contributed by atoms with Crippen LogP contribution in [0.1, 0.15) is 18.1 Å². The first-order valence-electron chi connectivity index (χ1n) is 8.79. The molecule has 0 atom stereocenters. The standard InChI is InChI=1S/C21H23N3O4/c1-3-12-22-20(25)21(26)24-23-14-17-10-11-18(19(13-17)27-4-2)28-15-16-8-6-5-7-9-16/h3,5-11,13-14H,1,4,12,15H2,2H3,(H,22,25)(H,24,26). The number of hydrazone groups is 1. The van der Waals surface area contributed by atoms with Gasteiger partial charge >= 0.3 is 11.8 Å². The summed E-state index contributed by atoms with van der Waals surface area (Å²) in [5.41, 5.74) is 3.90. The molecule has 0 aliphatic rings. The number of hydrogen-bond acceptors (Lipinski definition) is 5. The predicted octanol–water partition coefficient (Wildman–Crippen LogP) is 2.42. The third-order valence-corrected chi connectivity index (χ3v) is 3.50. The zero-order valence-electron chi connectivity index (χ0n) is 15.7. The molecule has 0 fully saturated rings. The monoisotopic (exact) mass is 381 g/mol. The molecule has 0 spiro atoms. The smallest absolute Gasteiger partial charge is 0.329 e. The van der Waals surface area contributed by atoms with E-state index >= 15 is 0 Å². The molecule has 0 aliphatic carbocycles. The number of hydrogen-bond donors (Lipinski definition) is 2. The minimum atomic E-state index is -0.856. The van der Waals surface area contributed by atoms with Crippen molar-refractivity contribution in [3.05, 3.63) is 72.3 Å². The van der Waals surface area contributed by atoms with E-state index in [2.05, 4.69) is 22.4 Å². The fraction of sp³-hybridized carbons (Fsp3) is 0.190. The third-order valence-electron chi connectivity index (χ3n) is 3.50. The van der Waals surface area contributed by atoms with Crippen LogP contribution in [0.3, 0.4) is 0 Å². The van der Waals surface area contributed by atoms with Gasteiger partial charge in [-0.1, -0.05) is 36.4 Å². The molecular weight excluding hydrogens is 358 g/mol. The Morgan fingerprint density at radius 3 is 2.57 bits per heavy atom. The SMILES string of the molecule is C=CCNC(=O)C(=O)NN=Cc1ccc(OCc2ccccc2)c(OCC)c1. The van der Waals surface area contributed by atoms with E-state index in [4.69, 9.17) is 9.47 Å². The van der Waals surface area contributed by atoms with Crippen molar-refractivity contribution < 1.29 is 19.1 Å². The Kier molecular flexibility index (Phi) is 8.26. The van der Waals surface area contributed by atoms with Crippen LogP contribution in [0.4, 0.5) is 0 Å². The first-order chi connectivity index (χ1) is 13.6. The van der Waals surface area contributed by atoms with E-state index in [9.17, 15) is 9.59 Å². The second-order valence-corrected chi connectivity index (χ2v) is 5.61. The maximum absolute atomic E-state index is 11.6. The van der Waals surface area contributed by atoms with Gasteiger partial charge < -0.3 is 14.8 Å². The van der Waals surface area contributed by atoms with Gasteiger partial charge in [-0.05, 0) is 36.2 Å². The van der Waals surface area contributed by atoms with Crippen LogP contribution in [0, 0.1) is 0 Å². The van der Waals surface area contributed by atoms with Gasteiger partial charge in [-0.25, -0.2) is 5.43 Å². The molecule has 0 radical (unpaired) electrons. The molecule has 2 aromatic carbocycles. The average Bonchev–Trinajstić information content (AvgIpc) is 2.72. The molecule has 146 valence electrons. The predicted molar refractivity (Wildman–Crippen MR) is 107 cm³/mol. The number of rotatable bonds is 9. The lowest BCUT2D eigenvalue weighted by Crippen LogP contribution is -2.37. The quantitative estimate of drug-likeness (QED) is 0.302. The fourth-order valence-corrected chi connectivity index (χ4v) is 2.19. The van der Waals surface area contributed by atoms with E-state index in [-0.39, 0.29) is 6.54 Å². The van der Waals surface area contributed by atoms with Crippen molar-refractivity contribution in [3.63, 3.8) is 0 Å². The van der Waals surface area contributed by atoms with E-state index in [1.807, 2.05) is 37.3 Å². The molecule has 2 rings (SSSR count). The Balaban J connectivity index is 1.99. The molecule has 0 heterocycles. The maximum Gasteiger partial charge on any atom is 0.329 e. The van der Waals surface area contributed by atoms with E-state index in [1.54, 1.807) is 18.2 Å². The van der Waals surface area contributed by atoms with Gasteiger partial charge in [0.1, 0.15) is 6.61 Å². The minimum absolute atomic E-state index is 0.206. The molecule has 7 heteroatoms. The number of carbonyl (C=O) groups is 2. The van der Waals surface area contributed by atoms with Crippen LogP contribution in [0.25, 0.3) is 0 Å². The van der Waals surface area contributed by atoms with Crippen LogP contribution >= 0.6 is 0 Å². The van der Waals surface area contributed by atoms with Gasteiger partial charge in [0.25, 0.3) is 0 Å². The Labute approximate surface area is 164 Å². The first-order valence-corrected chi connectivity index (χ1v) is 8.79. The highest BCUT2D eigenvalue weighted by atomic mass is 16.5. The lowest BCUT2D eigenvalue weighted by molar-refractivity contribution is -0.139. The summed E-state index contributed by atoms with van der Waals surface area (Å²) in [6.07, 6.45) is 2.90. The Morgan fingerprint density at radius 2 is 1.86 bits per heavy atom. The van der Waals surface area contributed by atoms with Crippen molar-refractivity contribution in [2.45, 2.75) is 13.5 Å². The zero-order valence-corrected chi connectivity index (χ0v) is 15.7. The summed E-state index contributed by atoms with van der Waals surface area (Å²) in [6.45, 7) is 6.44. The first kappa shape index (κ1) is 20.7. The normalized spacial score (nSPS) is 10.3. The number of nitrogens with one attached hydrogen (secondary N) is 2. The topological polar surface area (TPSA) is 89.0 Å². The highest BCUT2D eigenvalue weighted by Gasteiger charge is 2.11. The van der Waals surface area contributed by atoms with Crippen LogP contribution in [-0.4, -0.2) is 31.2 Å². The minimum Gasteiger partial charge on any atom is -0.490 e. The Hall–Kier alpha value is -3.61. The summed E-state index contributed by atoms with van der Waals surface area (Å²) in [5.74, 6) is -0.462. The number of amides is 2. The second kappa shape index (κ2) is 11.2. The summed E-state index contributed by atoms with van der Waals surface area (Å²) >= 11 is 0. The van der Waals surface area contributed by atoms with Crippen LogP contribution in [0.5, 0.6) is 11.5 Å². The van der Waals surface area contributed by atoms with E-state index in [0.29, 0.717) is 30.3 Å². The lowest BCUT2D eigenvalue weighted by atomic mass is 10.2. The molecule has 0 aliphatic heterocycles. The summed E-state index contributed by atoms with van der Waals surface area (Å²) in [7, 11) is 0. The maximum atomic E-state index is 11.6. The largest absolute Gasteiger partial charge is 0.490 e. The van der Waals surface area contributed by atoms with Gasteiger partial charge in [0.2, 0.25) is 0 Å². The van der Waals surface area contributed by atoms with E-state index < -0.39 is 11.8 Å². The molecule has 0 bridgehead atoms. The van der Waals surface area contributed by atoms with Gasteiger partial charge in [0.05, 0.1) is 12.8 Å². The van der Waals surface area contributed by atoms with Gasteiger partial charge in [-0.3, -0.25) is 9.59 Å². The molecule has 0 aromatic heterocycles. The van der Waals surface area contributed by atoms with Crippen LogP contribution < -0.4 is 20.2 Å². The number of carbonyl (C=O) groups excluding carboxylic acids is 2. The van der Waals surface area contributed by atoms with Crippen molar-refractivity contribution in [1.29, 1.82) is 0 Å². The van der Waals surface area contributed by atoms with E-state index in [0.717, 1.165) is 5.56 Å². The van der Waals surface area contributed by atoms with Gasteiger partial charge in [-0.2, -0.15) is 5.10 Å². The van der Waals surface area contributed by atoms with Crippen LogP contribution in [-0.2, 0) is 16.2 Å². The van der Waals surface area contributed by atoms with Crippen molar-refractivity contribution in [2.24, 2.45) is 5.10 Å². The number of ether oxygens (including phenoxy) is 2. The summed E-state index contributed by atoms with van der Waals surface area (Å²) < 4.78 is 11.5. The molecule has 28 heavy (non-hydrogen) atoms. The summed E-state index contributed by atoms with van der Waals surface area (Å²) in [5, 5.41) is 6.15. The highest BCUT2D eigenvalue weighted by Crippen LogP contribution is 2.28. The fourth-order valence-electron chi connectivity index (χ4n) is 2.19. The Bertz CT molecular complexity index is 835. The molecule has 2 aromatic rings. The lowest BCUT2D eigenvalue weighted by Gasteiger charge is -2.12.